The van der Waals surface area contributed by atoms with Crippen molar-refractivity contribution in [2.45, 2.75) is 31.8 Å². The van der Waals surface area contributed by atoms with E-state index in [9.17, 15) is 4.39 Å². The van der Waals surface area contributed by atoms with Crippen LogP contribution in [0.15, 0.2) is 18.2 Å². The van der Waals surface area contributed by atoms with E-state index in [4.69, 9.17) is 11.0 Å². The molecule has 1 aromatic carbocycles. The summed E-state index contributed by atoms with van der Waals surface area (Å²) in [7, 11) is 0. The Hall–Kier alpha value is -1.60. The number of rotatable bonds is 1. The molecule has 0 spiro atoms. The molecule has 1 aliphatic heterocycles. The minimum absolute atomic E-state index is 0.211. The molecule has 2 N–H and O–H groups in total. The summed E-state index contributed by atoms with van der Waals surface area (Å²) in [6, 6.07) is 7.01. The van der Waals surface area contributed by atoms with Crippen LogP contribution >= 0.6 is 0 Å². The molecule has 1 aliphatic rings. The average Bonchev–Trinajstić information content (AvgIpc) is 2.30. The monoisotopic (exact) mass is 233 g/mol. The highest BCUT2D eigenvalue weighted by Crippen LogP contribution is 2.27. The zero-order chi connectivity index (χ0) is 12.4. The van der Waals surface area contributed by atoms with Crippen LogP contribution in [-0.2, 0) is 0 Å². The highest BCUT2D eigenvalue weighted by Gasteiger charge is 2.25. The Labute approximate surface area is 101 Å². The molecule has 90 valence electrons. The van der Waals surface area contributed by atoms with Crippen molar-refractivity contribution in [2.75, 3.05) is 11.4 Å². The number of piperidine rings is 1. The summed E-state index contributed by atoms with van der Waals surface area (Å²) in [5, 5.41) is 8.70. The SMILES string of the molecule is CC1CC(N)CCN1c1ccc(C#N)cc1F. The fraction of sp³-hybridized carbons (Fsp3) is 0.462. The van der Waals surface area contributed by atoms with Crippen molar-refractivity contribution in [2.24, 2.45) is 5.73 Å². The molecule has 2 rings (SSSR count). The topological polar surface area (TPSA) is 53.0 Å². The van der Waals surface area contributed by atoms with Gasteiger partial charge in [0.15, 0.2) is 0 Å². The molecular formula is C13H16FN3. The lowest BCUT2D eigenvalue weighted by Crippen LogP contribution is -2.46. The lowest BCUT2D eigenvalue weighted by atomic mass is 9.98. The zero-order valence-electron chi connectivity index (χ0n) is 9.86. The molecule has 0 amide bonds. The second-order valence-electron chi connectivity index (χ2n) is 4.60. The number of nitrogens with two attached hydrogens (primary N) is 1. The van der Waals surface area contributed by atoms with Crippen LogP contribution in [0.25, 0.3) is 0 Å². The molecule has 1 heterocycles. The van der Waals surface area contributed by atoms with Crippen LogP contribution in [0.4, 0.5) is 10.1 Å². The summed E-state index contributed by atoms with van der Waals surface area (Å²) < 4.78 is 13.9. The number of nitrogens with zero attached hydrogens (tertiary/aromatic N) is 2. The summed E-state index contributed by atoms with van der Waals surface area (Å²) in [5.41, 5.74) is 6.81. The van der Waals surface area contributed by atoms with Gasteiger partial charge in [-0.3, -0.25) is 0 Å². The first-order chi connectivity index (χ1) is 8.11. The third-order valence-electron chi connectivity index (χ3n) is 3.30. The lowest BCUT2D eigenvalue weighted by molar-refractivity contribution is 0.425. The predicted octanol–water partition coefficient (Wildman–Crippen LogP) is 2.01. The average molecular weight is 233 g/mol. The highest BCUT2D eigenvalue weighted by atomic mass is 19.1. The molecule has 2 atom stereocenters. The fourth-order valence-electron chi connectivity index (χ4n) is 2.38. The number of anilines is 1. The molecule has 1 saturated heterocycles. The van der Waals surface area contributed by atoms with Gasteiger partial charge in [-0.15, -0.1) is 0 Å². The van der Waals surface area contributed by atoms with Crippen molar-refractivity contribution in [3.05, 3.63) is 29.6 Å². The number of hydrogen-bond donors (Lipinski definition) is 1. The number of nitriles is 1. The van der Waals surface area contributed by atoms with E-state index in [0.29, 0.717) is 11.3 Å². The van der Waals surface area contributed by atoms with Crippen LogP contribution in [0.5, 0.6) is 0 Å². The summed E-state index contributed by atoms with van der Waals surface area (Å²) in [6.45, 7) is 2.82. The number of hydrogen-bond acceptors (Lipinski definition) is 3. The molecule has 0 aromatic heterocycles. The third-order valence-corrected chi connectivity index (χ3v) is 3.30. The van der Waals surface area contributed by atoms with E-state index in [1.165, 1.54) is 6.07 Å². The zero-order valence-corrected chi connectivity index (χ0v) is 9.86. The normalized spacial score (nSPS) is 24.5. The molecule has 1 fully saturated rings. The van der Waals surface area contributed by atoms with Gasteiger partial charge in [0.1, 0.15) is 5.82 Å². The van der Waals surface area contributed by atoms with Crippen molar-refractivity contribution in [1.29, 1.82) is 5.26 Å². The molecular weight excluding hydrogens is 217 g/mol. The molecule has 1 aromatic rings. The summed E-state index contributed by atoms with van der Waals surface area (Å²) in [6.07, 6.45) is 1.75. The van der Waals surface area contributed by atoms with Gasteiger partial charge >= 0.3 is 0 Å². The van der Waals surface area contributed by atoms with Crippen LogP contribution in [0.2, 0.25) is 0 Å². The van der Waals surface area contributed by atoms with E-state index in [0.717, 1.165) is 19.4 Å². The first kappa shape index (κ1) is 11.9. The van der Waals surface area contributed by atoms with E-state index in [2.05, 4.69) is 6.92 Å². The Morgan fingerprint density at radius 2 is 2.29 bits per heavy atom. The van der Waals surface area contributed by atoms with Crippen molar-refractivity contribution in [3.63, 3.8) is 0 Å². The summed E-state index contributed by atoms with van der Waals surface area (Å²) in [4.78, 5) is 2.03. The fourth-order valence-corrected chi connectivity index (χ4v) is 2.38. The Bertz CT molecular complexity index is 452. The second kappa shape index (κ2) is 4.72. The third kappa shape index (κ3) is 2.40. The van der Waals surface area contributed by atoms with Gasteiger partial charge in [-0.05, 0) is 38.0 Å². The maximum atomic E-state index is 13.9. The van der Waals surface area contributed by atoms with E-state index < -0.39 is 0 Å². The minimum Gasteiger partial charge on any atom is -0.366 e. The molecule has 3 nitrogen and oxygen atoms in total. The van der Waals surface area contributed by atoms with Crippen molar-refractivity contribution in [1.82, 2.24) is 0 Å². The van der Waals surface area contributed by atoms with E-state index in [1.54, 1.807) is 12.1 Å². The summed E-state index contributed by atoms with van der Waals surface area (Å²) >= 11 is 0. The largest absolute Gasteiger partial charge is 0.366 e. The first-order valence-electron chi connectivity index (χ1n) is 5.83. The number of halogens is 1. The van der Waals surface area contributed by atoms with Gasteiger partial charge < -0.3 is 10.6 Å². The molecule has 0 aliphatic carbocycles. The molecule has 0 bridgehead atoms. The lowest BCUT2D eigenvalue weighted by Gasteiger charge is -2.38. The molecule has 0 radical (unpaired) electrons. The van der Waals surface area contributed by atoms with Gasteiger partial charge in [0.25, 0.3) is 0 Å². The molecule has 4 heteroatoms. The maximum Gasteiger partial charge on any atom is 0.147 e. The van der Waals surface area contributed by atoms with Crippen molar-refractivity contribution in [3.8, 4) is 6.07 Å². The van der Waals surface area contributed by atoms with Gasteiger partial charge in [-0.2, -0.15) is 5.26 Å². The van der Waals surface area contributed by atoms with Crippen LogP contribution in [0.1, 0.15) is 25.3 Å². The Morgan fingerprint density at radius 3 is 2.88 bits per heavy atom. The highest BCUT2D eigenvalue weighted by molar-refractivity contribution is 5.52. The van der Waals surface area contributed by atoms with Crippen LogP contribution in [0, 0.1) is 17.1 Å². The van der Waals surface area contributed by atoms with Crippen LogP contribution in [-0.4, -0.2) is 18.6 Å². The second-order valence-corrected chi connectivity index (χ2v) is 4.60. The molecule has 17 heavy (non-hydrogen) atoms. The Balaban J connectivity index is 2.25. The van der Waals surface area contributed by atoms with Gasteiger partial charge in [0, 0.05) is 18.6 Å². The van der Waals surface area contributed by atoms with E-state index in [1.807, 2.05) is 11.0 Å². The standard InChI is InChI=1S/C13H16FN3/c1-9-6-11(16)4-5-17(9)13-3-2-10(8-15)7-12(13)14/h2-3,7,9,11H,4-6,16H2,1H3. The van der Waals surface area contributed by atoms with Gasteiger partial charge in [0.2, 0.25) is 0 Å². The van der Waals surface area contributed by atoms with Crippen LogP contribution in [0.3, 0.4) is 0 Å². The molecule has 0 saturated carbocycles. The summed E-state index contributed by atoms with van der Waals surface area (Å²) in [5.74, 6) is -0.327. The first-order valence-corrected chi connectivity index (χ1v) is 5.83. The quantitative estimate of drug-likeness (QED) is 0.807. The van der Waals surface area contributed by atoms with Crippen LogP contribution < -0.4 is 10.6 Å². The smallest absolute Gasteiger partial charge is 0.147 e. The van der Waals surface area contributed by atoms with E-state index >= 15 is 0 Å². The van der Waals surface area contributed by atoms with Gasteiger partial charge in [-0.25, -0.2) is 4.39 Å². The Morgan fingerprint density at radius 1 is 1.53 bits per heavy atom. The maximum absolute atomic E-state index is 13.9. The molecule has 2 unspecified atom stereocenters. The predicted molar refractivity (Wildman–Crippen MR) is 65.1 cm³/mol. The van der Waals surface area contributed by atoms with Gasteiger partial charge in [0.05, 0.1) is 17.3 Å². The van der Waals surface area contributed by atoms with Crippen molar-refractivity contribution < 1.29 is 4.39 Å². The van der Waals surface area contributed by atoms with Crippen molar-refractivity contribution >= 4 is 5.69 Å². The van der Waals surface area contributed by atoms with Gasteiger partial charge in [-0.1, -0.05) is 0 Å². The Kier molecular flexibility index (Phi) is 3.30. The minimum atomic E-state index is -0.327. The van der Waals surface area contributed by atoms with E-state index in [-0.39, 0.29) is 17.9 Å². The number of benzene rings is 1.